The molecule has 1 heterocycles. The van der Waals surface area contributed by atoms with Crippen molar-refractivity contribution in [1.82, 2.24) is 4.90 Å². The molecule has 4 nitrogen and oxygen atoms in total. The summed E-state index contributed by atoms with van der Waals surface area (Å²) in [5, 5.41) is 0. The zero-order valence-corrected chi connectivity index (χ0v) is 12.8. The molecule has 0 spiro atoms. The van der Waals surface area contributed by atoms with Crippen molar-refractivity contribution in [2.75, 3.05) is 40.0 Å². The Labute approximate surface area is 122 Å². The summed E-state index contributed by atoms with van der Waals surface area (Å²) in [6, 6.07) is 0.516. The second-order valence-electron chi connectivity index (χ2n) is 6.02. The molecule has 1 aliphatic carbocycles. The lowest BCUT2D eigenvalue weighted by Gasteiger charge is -2.33. The van der Waals surface area contributed by atoms with Crippen molar-refractivity contribution >= 4 is 5.78 Å². The van der Waals surface area contributed by atoms with E-state index in [2.05, 4.69) is 4.90 Å². The van der Waals surface area contributed by atoms with Gasteiger partial charge in [-0.3, -0.25) is 9.69 Å². The molecule has 2 fully saturated rings. The Morgan fingerprint density at radius 3 is 2.85 bits per heavy atom. The average molecular weight is 283 g/mol. The summed E-state index contributed by atoms with van der Waals surface area (Å²) in [5.41, 5.74) is 0. The van der Waals surface area contributed by atoms with Gasteiger partial charge < -0.3 is 9.47 Å². The fourth-order valence-electron chi connectivity index (χ4n) is 3.62. The van der Waals surface area contributed by atoms with E-state index in [1.807, 2.05) is 0 Å². The molecule has 0 N–H and O–H groups in total. The minimum absolute atomic E-state index is 0.320. The van der Waals surface area contributed by atoms with Crippen LogP contribution in [0.15, 0.2) is 0 Å². The van der Waals surface area contributed by atoms with E-state index >= 15 is 0 Å². The lowest BCUT2D eigenvalue weighted by molar-refractivity contribution is -0.126. The smallest absolute Gasteiger partial charge is 0.137 e. The molecule has 2 atom stereocenters. The number of methoxy groups -OCH3 is 1. The van der Waals surface area contributed by atoms with Crippen LogP contribution in [0.2, 0.25) is 0 Å². The third kappa shape index (κ3) is 4.54. The summed E-state index contributed by atoms with van der Waals surface area (Å²) in [4.78, 5) is 14.6. The molecule has 2 unspecified atom stereocenters. The van der Waals surface area contributed by atoms with E-state index in [0.29, 0.717) is 31.0 Å². The molecule has 2 aliphatic rings. The van der Waals surface area contributed by atoms with Crippen molar-refractivity contribution in [3.8, 4) is 0 Å². The summed E-state index contributed by atoms with van der Waals surface area (Å²) < 4.78 is 10.5. The van der Waals surface area contributed by atoms with Gasteiger partial charge in [-0.25, -0.2) is 0 Å². The molecule has 1 aliphatic heterocycles. The fourth-order valence-corrected chi connectivity index (χ4v) is 3.62. The molecule has 1 saturated carbocycles. The minimum Gasteiger partial charge on any atom is -0.382 e. The number of rotatable bonds is 8. The Hall–Kier alpha value is -0.450. The summed E-state index contributed by atoms with van der Waals surface area (Å²) in [6.45, 7) is 4.38. The second kappa shape index (κ2) is 8.75. The van der Waals surface area contributed by atoms with Gasteiger partial charge in [0.2, 0.25) is 0 Å². The molecule has 0 radical (unpaired) electrons. The first-order valence-electron chi connectivity index (χ1n) is 8.16. The van der Waals surface area contributed by atoms with Crippen molar-refractivity contribution in [2.45, 2.75) is 51.0 Å². The third-order valence-electron chi connectivity index (χ3n) is 4.65. The number of nitrogens with zero attached hydrogens (tertiary/aromatic N) is 1. The van der Waals surface area contributed by atoms with Crippen molar-refractivity contribution < 1.29 is 14.3 Å². The topological polar surface area (TPSA) is 38.8 Å². The molecule has 116 valence electrons. The van der Waals surface area contributed by atoms with Gasteiger partial charge in [-0.2, -0.15) is 0 Å². The molecule has 0 aromatic rings. The van der Waals surface area contributed by atoms with Crippen LogP contribution in [0.4, 0.5) is 0 Å². The van der Waals surface area contributed by atoms with E-state index in [-0.39, 0.29) is 0 Å². The van der Waals surface area contributed by atoms with Gasteiger partial charge in [-0.15, -0.1) is 0 Å². The predicted molar refractivity (Wildman–Crippen MR) is 78.9 cm³/mol. The first-order chi connectivity index (χ1) is 9.83. The highest BCUT2D eigenvalue weighted by Crippen LogP contribution is 2.32. The van der Waals surface area contributed by atoms with Crippen LogP contribution in [0.3, 0.4) is 0 Å². The highest BCUT2D eigenvalue weighted by Gasteiger charge is 2.36. The maximum atomic E-state index is 12.1. The van der Waals surface area contributed by atoms with Crippen LogP contribution in [-0.4, -0.2) is 56.7 Å². The molecule has 1 saturated heterocycles. The van der Waals surface area contributed by atoms with Crippen LogP contribution in [0.25, 0.3) is 0 Å². The molecule has 0 aromatic carbocycles. The molecule has 4 heteroatoms. The van der Waals surface area contributed by atoms with Gasteiger partial charge in [0.1, 0.15) is 5.78 Å². The highest BCUT2D eigenvalue weighted by atomic mass is 16.5. The van der Waals surface area contributed by atoms with Crippen LogP contribution in [0.1, 0.15) is 44.9 Å². The number of hydrogen-bond acceptors (Lipinski definition) is 4. The van der Waals surface area contributed by atoms with Crippen LogP contribution >= 0.6 is 0 Å². The van der Waals surface area contributed by atoms with Crippen molar-refractivity contribution in [2.24, 2.45) is 5.92 Å². The maximum absolute atomic E-state index is 12.1. The van der Waals surface area contributed by atoms with Gasteiger partial charge in [0.15, 0.2) is 0 Å². The molecular weight excluding hydrogens is 254 g/mol. The van der Waals surface area contributed by atoms with E-state index in [1.54, 1.807) is 7.11 Å². The normalized spacial score (nSPS) is 28.1. The molecular formula is C16H29NO3. The van der Waals surface area contributed by atoms with Gasteiger partial charge in [0, 0.05) is 38.6 Å². The van der Waals surface area contributed by atoms with Crippen molar-refractivity contribution in [3.63, 3.8) is 0 Å². The quantitative estimate of drug-likeness (QED) is 0.641. The van der Waals surface area contributed by atoms with Gasteiger partial charge in [-0.1, -0.05) is 6.42 Å². The fraction of sp³-hybridized carbons (Fsp3) is 0.938. The number of carbonyl (C=O) groups excluding carboxylic acids is 1. The van der Waals surface area contributed by atoms with Gasteiger partial charge in [0.05, 0.1) is 13.2 Å². The van der Waals surface area contributed by atoms with Gasteiger partial charge >= 0.3 is 0 Å². The Balaban J connectivity index is 1.69. The Bertz CT molecular complexity index is 295. The molecule has 0 amide bonds. The predicted octanol–water partition coefficient (Wildman–Crippen LogP) is 2.26. The monoisotopic (exact) mass is 283 g/mol. The largest absolute Gasteiger partial charge is 0.382 e. The Kier molecular flexibility index (Phi) is 6.97. The third-order valence-corrected chi connectivity index (χ3v) is 4.65. The molecule has 0 aromatic heterocycles. The van der Waals surface area contributed by atoms with E-state index in [0.717, 1.165) is 45.4 Å². The van der Waals surface area contributed by atoms with Gasteiger partial charge in [-0.05, 0) is 38.6 Å². The molecule has 2 rings (SSSR count). The summed E-state index contributed by atoms with van der Waals surface area (Å²) in [7, 11) is 1.69. The number of carbonyl (C=O) groups is 1. The second-order valence-corrected chi connectivity index (χ2v) is 6.02. The van der Waals surface area contributed by atoms with Crippen LogP contribution < -0.4 is 0 Å². The lowest BCUT2D eigenvalue weighted by Crippen LogP contribution is -2.41. The molecule has 0 bridgehead atoms. The summed E-state index contributed by atoms with van der Waals surface area (Å²) in [6.07, 6.45) is 7.79. The van der Waals surface area contributed by atoms with E-state index in [4.69, 9.17) is 9.47 Å². The van der Waals surface area contributed by atoms with E-state index in [1.165, 1.54) is 19.3 Å². The minimum atomic E-state index is 0.320. The summed E-state index contributed by atoms with van der Waals surface area (Å²) >= 11 is 0. The Morgan fingerprint density at radius 2 is 2.05 bits per heavy atom. The van der Waals surface area contributed by atoms with Crippen LogP contribution in [0, 0.1) is 5.92 Å². The van der Waals surface area contributed by atoms with E-state index < -0.39 is 0 Å². The average Bonchev–Trinajstić information content (AvgIpc) is 2.91. The first kappa shape index (κ1) is 15.9. The molecule has 20 heavy (non-hydrogen) atoms. The van der Waals surface area contributed by atoms with Crippen LogP contribution in [-0.2, 0) is 14.3 Å². The van der Waals surface area contributed by atoms with Crippen molar-refractivity contribution in [3.05, 3.63) is 0 Å². The first-order valence-corrected chi connectivity index (χ1v) is 8.16. The lowest BCUT2D eigenvalue weighted by atomic mass is 9.82. The summed E-state index contributed by atoms with van der Waals surface area (Å²) in [5.74, 6) is 0.838. The number of ketones is 1. The number of Topliss-reactive ketones (excluding diaryl/α,β-unsaturated/α-hetero) is 1. The van der Waals surface area contributed by atoms with E-state index in [9.17, 15) is 4.79 Å². The number of likely N-dealkylation sites (tertiary alicyclic amines) is 1. The number of hydrogen-bond donors (Lipinski definition) is 0. The number of ether oxygens (including phenoxy) is 2. The Morgan fingerprint density at radius 1 is 1.15 bits per heavy atom. The van der Waals surface area contributed by atoms with Crippen molar-refractivity contribution in [1.29, 1.82) is 0 Å². The maximum Gasteiger partial charge on any atom is 0.137 e. The SMILES string of the molecule is COCCOCCCN1CCCC1C1CCCCC1=O. The zero-order chi connectivity index (χ0) is 14.2. The standard InChI is InChI=1S/C16H29NO3/c1-19-12-13-20-11-5-10-17-9-4-7-15(17)14-6-2-3-8-16(14)18/h14-15H,2-13H2,1H3. The zero-order valence-electron chi connectivity index (χ0n) is 12.8. The highest BCUT2D eigenvalue weighted by molar-refractivity contribution is 5.82. The van der Waals surface area contributed by atoms with Gasteiger partial charge in [0.25, 0.3) is 0 Å². The van der Waals surface area contributed by atoms with Crippen LogP contribution in [0.5, 0.6) is 0 Å².